The van der Waals surface area contributed by atoms with Gasteiger partial charge in [0.15, 0.2) is 5.82 Å². The number of ether oxygens (including phenoxy) is 1. The van der Waals surface area contributed by atoms with Crippen molar-refractivity contribution < 1.29 is 22.7 Å². The fourth-order valence-electron chi connectivity index (χ4n) is 2.20. The molecule has 2 aromatic carbocycles. The average Bonchev–Trinajstić information content (AvgIpc) is 2.61. The van der Waals surface area contributed by atoms with Crippen LogP contribution in [0.5, 0.6) is 5.75 Å². The third kappa shape index (κ3) is 4.20. The summed E-state index contributed by atoms with van der Waals surface area (Å²) in [6.45, 7) is 0. The topological polar surface area (TPSA) is 52.1 Å². The van der Waals surface area contributed by atoms with Gasteiger partial charge >= 0.3 is 6.36 Å². The first kappa shape index (κ1) is 16.6. The molecule has 0 fully saturated rings. The summed E-state index contributed by atoms with van der Waals surface area (Å²) in [5.74, 6) is 0.0624. The number of carbonyl (C=O) groups excluding carboxylic acids is 1. The number of halogens is 3. The molecule has 1 heterocycles. The Morgan fingerprint density at radius 1 is 0.880 bits per heavy atom. The molecule has 25 heavy (non-hydrogen) atoms. The van der Waals surface area contributed by atoms with E-state index >= 15 is 0 Å². The average molecular weight is 344 g/mol. The third-order valence-electron chi connectivity index (χ3n) is 3.34. The predicted octanol–water partition coefficient (Wildman–Crippen LogP) is 4.52. The van der Waals surface area contributed by atoms with E-state index in [1.54, 1.807) is 36.5 Å². The molecular formula is C18H11F3N2O2. The van der Waals surface area contributed by atoms with Crippen LogP contribution in [0.25, 0.3) is 22.6 Å². The molecule has 0 atom stereocenters. The summed E-state index contributed by atoms with van der Waals surface area (Å²) >= 11 is 0. The Morgan fingerprint density at radius 3 is 2.12 bits per heavy atom. The molecule has 7 heteroatoms. The zero-order valence-corrected chi connectivity index (χ0v) is 12.7. The normalized spacial score (nSPS) is 11.2. The number of rotatable bonds is 4. The summed E-state index contributed by atoms with van der Waals surface area (Å²) in [6.07, 6.45) is -2.42. The van der Waals surface area contributed by atoms with Gasteiger partial charge in [0.25, 0.3) is 0 Å². The lowest BCUT2D eigenvalue weighted by atomic mass is 10.1. The van der Waals surface area contributed by atoms with Crippen molar-refractivity contribution in [2.45, 2.75) is 6.36 Å². The minimum absolute atomic E-state index is 0.308. The van der Waals surface area contributed by atoms with Crippen molar-refractivity contribution in [1.29, 1.82) is 0 Å². The van der Waals surface area contributed by atoms with Gasteiger partial charge in [-0.25, -0.2) is 9.97 Å². The van der Waals surface area contributed by atoms with Crippen molar-refractivity contribution in [3.05, 3.63) is 66.4 Å². The smallest absolute Gasteiger partial charge is 0.406 e. The van der Waals surface area contributed by atoms with E-state index in [0.29, 0.717) is 22.6 Å². The Balaban J connectivity index is 1.86. The van der Waals surface area contributed by atoms with E-state index in [1.807, 2.05) is 0 Å². The molecule has 4 nitrogen and oxygen atoms in total. The molecule has 0 amide bonds. The van der Waals surface area contributed by atoms with Gasteiger partial charge in [0.1, 0.15) is 12.0 Å². The molecule has 0 saturated heterocycles. The summed E-state index contributed by atoms with van der Waals surface area (Å²) in [6, 6.07) is 13.9. The fraction of sp³-hybridized carbons (Fsp3) is 0.0556. The minimum atomic E-state index is -4.73. The number of benzene rings is 2. The number of carbonyl (C=O) groups is 1. The van der Waals surface area contributed by atoms with Crippen LogP contribution < -0.4 is 4.74 Å². The zero-order valence-electron chi connectivity index (χ0n) is 12.7. The highest BCUT2D eigenvalue weighted by Gasteiger charge is 2.30. The molecule has 1 aromatic heterocycles. The Hall–Kier alpha value is -3.22. The molecule has 126 valence electrons. The molecule has 0 aliphatic heterocycles. The maximum Gasteiger partial charge on any atom is 0.573 e. The minimum Gasteiger partial charge on any atom is -0.406 e. The lowest BCUT2D eigenvalue weighted by molar-refractivity contribution is -0.274. The third-order valence-corrected chi connectivity index (χ3v) is 3.34. The first-order valence-corrected chi connectivity index (χ1v) is 7.19. The van der Waals surface area contributed by atoms with Crippen LogP contribution in [0.3, 0.4) is 0 Å². The second-order valence-corrected chi connectivity index (χ2v) is 5.08. The van der Waals surface area contributed by atoms with Crippen LogP contribution in [-0.4, -0.2) is 22.6 Å². The summed E-state index contributed by atoms with van der Waals surface area (Å²) in [7, 11) is 0. The van der Waals surface area contributed by atoms with Crippen LogP contribution in [0.4, 0.5) is 13.2 Å². The van der Waals surface area contributed by atoms with E-state index in [4.69, 9.17) is 0 Å². The molecular weight excluding hydrogens is 333 g/mol. The largest absolute Gasteiger partial charge is 0.573 e. The first-order chi connectivity index (χ1) is 11.9. The standard InChI is InChI=1S/C18H11F3N2O2/c19-18(20,21)25-15-7-5-14(6-8-15)17-22-10-9-16(23-17)13-3-1-12(11-24)2-4-13/h1-11H. The van der Waals surface area contributed by atoms with Crippen molar-refractivity contribution in [3.63, 3.8) is 0 Å². The highest BCUT2D eigenvalue weighted by molar-refractivity contribution is 5.76. The van der Waals surface area contributed by atoms with Crippen LogP contribution in [0.1, 0.15) is 10.4 Å². The fourth-order valence-corrected chi connectivity index (χ4v) is 2.20. The summed E-state index contributed by atoms with van der Waals surface area (Å²) in [4.78, 5) is 19.3. The van der Waals surface area contributed by atoms with Crippen molar-refractivity contribution >= 4 is 6.29 Å². The maximum absolute atomic E-state index is 12.2. The maximum atomic E-state index is 12.2. The van der Waals surface area contributed by atoms with E-state index in [2.05, 4.69) is 14.7 Å². The van der Waals surface area contributed by atoms with Crippen molar-refractivity contribution in [2.75, 3.05) is 0 Å². The predicted molar refractivity (Wildman–Crippen MR) is 85.0 cm³/mol. The lowest BCUT2D eigenvalue weighted by Gasteiger charge is -2.09. The van der Waals surface area contributed by atoms with Crippen molar-refractivity contribution in [3.8, 4) is 28.4 Å². The SMILES string of the molecule is O=Cc1ccc(-c2ccnc(-c3ccc(OC(F)(F)F)cc3)n2)cc1. The van der Waals surface area contributed by atoms with Crippen molar-refractivity contribution in [2.24, 2.45) is 0 Å². The molecule has 0 saturated carbocycles. The number of aldehydes is 1. The van der Waals surface area contributed by atoms with E-state index in [9.17, 15) is 18.0 Å². The zero-order chi connectivity index (χ0) is 17.9. The molecule has 0 N–H and O–H groups in total. The molecule has 0 radical (unpaired) electrons. The highest BCUT2D eigenvalue weighted by Crippen LogP contribution is 2.26. The lowest BCUT2D eigenvalue weighted by Crippen LogP contribution is -2.16. The van der Waals surface area contributed by atoms with Gasteiger partial charge in [-0.1, -0.05) is 24.3 Å². The Morgan fingerprint density at radius 2 is 1.52 bits per heavy atom. The number of hydrogen-bond acceptors (Lipinski definition) is 4. The molecule has 0 unspecified atom stereocenters. The van der Waals surface area contributed by atoms with Gasteiger partial charge in [-0.15, -0.1) is 13.2 Å². The van der Waals surface area contributed by atoms with Crippen LogP contribution in [0.2, 0.25) is 0 Å². The van der Waals surface area contributed by atoms with Crippen LogP contribution >= 0.6 is 0 Å². The van der Waals surface area contributed by atoms with Crippen LogP contribution in [0.15, 0.2) is 60.8 Å². The summed E-state index contributed by atoms with van der Waals surface area (Å²) in [5, 5.41) is 0. The summed E-state index contributed by atoms with van der Waals surface area (Å²) < 4.78 is 40.4. The molecule has 0 aliphatic carbocycles. The number of hydrogen-bond donors (Lipinski definition) is 0. The van der Waals surface area contributed by atoms with Gasteiger partial charge in [-0.05, 0) is 30.3 Å². The second-order valence-electron chi connectivity index (χ2n) is 5.08. The van der Waals surface area contributed by atoms with Crippen molar-refractivity contribution in [1.82, 2.24) is 9.97 Å². The van der Waals surface area contributed by atoms with Gasteiger partial charge in [-0.3, -0.25) is 4.79 Å². The van der Waals surface area contributed by atoms with Gasteiger partial charge in [0.05, 0.1) is 5.69 Å². The van der Waals surface area contributed by atoms with Gasteiger partial charge < -0.3 is 4.74 Å². The first-order valence-electron chi connectivity index (χ1n) is 7.19. The van der Waals surface area contributed by atoms with Gasteiger partial charge in [0, 0.05) is 22.9 Å². The van der Waals surface area contributed by atoms with Crippen LogP contribution in [-0.2, 0) is 0 Å². The van der Waals surface area contributed by atoms with E-state index in [-0.39, 0.29) is 5.75 Å². The summed E-state index contributed by atoms with van der Waals surface area (Å²) in [5.41, 5.74) is 2.54. The number of nitrogens with zero attached hydrogens (tertiary/aromatic N) is 2. The van der Waals surface area contributed by atoms with Gasteiger partial charge in [-0.2, -0.15) is 0 Å². The number of alkyl halides is 3. The second kappa shape index (κ2) is 6.72. The molecule has 0 aliphatic rings. The quantitative estimate of drug-likeness (QED) is 0.653. The highest BCUT2D eigenvalue weighted by atomic mass is 19.4. The Kier molecular flexibility index (Phi) is 4.47. The van der Waals surface area contributed by atoms with E-state index < -0.39 is 6.36 Å². The van der Waals surface area contributed by atoms with E-state index in [1.165, 1.54) is 24.3 Å². The molecule has 0 spiro atoms. The monoisotopic (exact) mass is 344 g/mol. The molecule has 3 aromatic rings. The van der Waals surface area contributed by atoms with E-state index in [0.717, 1.165) is 11.8 Å². The van der Waals surface area contributed by atoms with Crippen LogP contribution in [0, 0.1) is 0 Å². The Bertz CT molecular complexity index is 876. The Labute approximate surface area is 140 Å². The molecule has 0 bridgehead atoms. The number of aromatic nitrogens is 2. The molecule has 3 rings (SSSR count). The van der Waals surface area contributed by atoms with Gasteiger partial charge in [0.2, 0.25) is 0 Å².